The molecule has 0 radical (unpaired) electrons. The maximum absolute atomic E-state index is 10.2. The van der Waals surface area contributed by atoms with Crippen LogP contribution in [0.2, 0.25) is 0 Å². The van der Waals surface area contributed by atoms with Crippen molar-refractivity contribution in [2.75, 3.05) is 0 Å². The Morgan fingerprint density at radius 3 is 2.07 bits per heavy atom. The molecule has 0 saturated heterocycles. The summed E-state index contributed by atoms with van der Waals surface area (Å²) in [5, 5.41) is 12.1. The Morgan fingerprint density at radius 1 is 0.818 bits per heavy atom. The van der Waals surface area contributed by atoms with Crippen LogP contribution in [-0.2, 0) is 7.05 Å². The molecule has 2 heterocycles. The SMILES string of the molecule is [2H]C(C)(C)c1cc[n+](C)c(-c2c(C)ccc3c2oc2c(-c4ccc(C5([2H])CCC([2H])(c6ccccc6)CC5)cc4)c(C#N)ccc23)c1. The van der Waals surface area contributed by atoms with Gasteiger partial charge in [0, 0.05) is 32.6 Å². The summed E-state index contributed by atoms with van der Waals surface area (Å²) in [6.45, 7) is 5.87. The summed E-state index contributed by atoms with van der Waals surface area (Å²) in [6.07, 6.45) is 4.51. The number of hydrogen-bond acceptors (Lipinski definition) is 2. The second kappa shape index (κ2) is 11.4. The minimum absolute atomic E-state index is 0.534. The van der Waals surface area contributed by atoms with E-state index in [0.717, 1.165) is 61.0 Å². The van der Waals surface area contributed by atoms with Gasteiger partial charge in [-0.2, -0.15) is 5.26 Å². The smallest absolute Gasteiger partial charge is 0.216 e. The van der Waals surface area contributed by atoms with Crippen molar-refractivity contribution in [3.8, 4) is 28.5 Å². The second-order valence-electron chi connectivity index (χ2n) is 12.3. The fourth-order valence-electron chi connectivity index (χ4n) is 6.81. The van der Waals surface area contributed by atoms with Gasteiger partial charge in [-0.1, -0.05) is 80.6 Å². The van der Waals surface area contributed by atoms with Crippen LogP contribution in [0.5, 0.6) is 0 Å². The van der Waals surface area contributed by atoms with Crippen molar-refractivity contribution >= 4 is 21.9 Å². The molecule has 0 unspecified atom stereocenters. The molecule has 44 heavy (non-hydrogen) atoms. The summed E-state index contributed by atoms with van der Waals surface area (Å²) in [4.78, 5) is 0. The fraction of sp³-hybridized carbons (Fsp3) is 0.268. The van der Waals surface area contributed by atoms with Crippen LogP contribution in [0.1, 0.15) is 89.1 Å². The van der Waals surface area contributed by atoms with E-state index in [1.165, 1.54) is 0 Å². The Labute approximate surface area is 264 Å². The molecule has 0 aliphatic heterocycles. The Kier molecular flexibility index (Phi) is 6.43. The predicted octanol–water partition coefficient (Wildman–Crippen LogP) is 10.5. The van der Waals surface area contributed by atoms with Gasteiger partial charge in [-0.25, -0.2) is 4.57 Å². The Balaban J connectivity index is 1.30. The molecule has 3 nitrogen and oxygen atoms in total. The van der Waals surface area contributed by atoms with Crippen LogP contribution in [0.15, 0.2) is 102 Å². The first kappa shape index (κ1) is 24.7. The zero-order chi connectivity index (χ0) is 33.1. The number of furan rings is 1. The minimum atomic E-state index is -0.759. The number of aryl methyl sites for hydroxylation is 2. The van der Waals surface area contributed by atoms with Gasteiger partial charge in [0.05, 0.1) is 17.2 Å². The topological polar surface area (TPSA) is 40.8 Å². The molecular formula is C41H39N2O+. The summed E-state index contributed by atoms with van der Waals surface area (Å²) in [6, 6.07) is 32.6. The lowest BCUT2D eigenvalue weighted by molar-refractivity contribution is -0.660. The number of nitriles is 1. The van der Waals surface area contributed by atoms with Gasteiger partial charge in [0.1, 0.15) is 18.2 Å². The predicted molar refractivity (Wildman–Crippen MR) is 180 cm³/mol. The van der Waals surface area contributed by atoms with E-state index in [9.17, 15) is 6.63 Å². The molecule has 1 fully saturated rings. The molecule has 0 spiro atoms. The van der Waals surface area contributed by atoms with E-state index in [-0.39, 0.29) is 0 Å². The summed E-state index contributed by atoms with van der Waals surface area (Å²) in [5.41, 5.74) is 9.47. The van der Waals surface area contributed by atoms with E-state index in [1.807, 2.05) is 99.9 Å². The van der Waals surface area contributed by atoms with Crippen LogP contribution in [0, 0.1) is 18.3 Å². The fourth-order valence-corrected chi connectivity index (χ4v) is 6.81. The van der Waals surface area contributed by atoms with Crippen molar-refractivity contribution < 1.29 is 13.1 Å². The lowest BCUT2D eigenvalue weighted by atomic mass is 9.76. The van der Waals surface area contributed by atoms with Crippen LogP contribution in [0.25, 0.3) is 44.3 Å². The van der Waals surface area contributed by atoms with E-state index in [0.29, 0.717) is 36.8 Å². The highest BCUT2D eigenvalue weighted by molar-refractivity contribution is 6.14. The van der Waals surface area contributed by atoms with E-state index in [4.69, 9.17) is 7.16 Å². The third-order valence-corrected chi connectivity index (χ3v) is 9.34. The maximum Gasteiger partial charge on any atom is 0.216 e. The van der Waals surface area contributed by atoms with Gasteiger partial charge < -0.3 is 4.42 Å². The molecule has 0 atom stereocenters. The van der Waals surface area contributed by atoms with Crippen molar-refractivity contribution in [1.82, 2.24) is 0 Å². The number of fused-ring (bicyclic) bond motifs is 3. The lowest BCUT2D eigenvalue weighted by Crippen LogP contribution is -2.31. The minimum Gasteiger partial charge on any atom is -0.454 e. The number of aromatic nitrogens is 1. The van der Waals surface area contributed by atoms with Crippen LogP contribution in [0.4, 0.5) is 0 Å². The average Bonchev–Trinajstić information content (AvgIpc) is 3.45. The molecule has 0 N–H and O–H groups in total. The lowest BCUT2D eigenvalue weighted by Gasteiger charge is -2.29. The van der Waals surface area contributed by atoms with Crippen molar-refractivity contribution in [2.45, 2.75) is 64.1 Å². The van der Waals surface area contributed by atoms with Gasteiger partial charge in [0.15, 0.2) is 6.20 Å². The molecule has 1 aliphatic carbocycles. The molecule has 7 rings (SSSR count). The molecule has 1 aliphatic rings. The van der Waals surface area contributed by atoms with Gasteiger partial charge >= 0.3 is 0 Å². The van der Waals surface area contributed by atoms with Gasteiger partial charge in [0.2, 0.25) is 5.69 Å². The maximum atomic E-state index is 10.2. The Bertz CT molecular complexity index is 2180. The van der Waals surface area contributed by atoms with Crippen molar-refractivity contribution in [2.24, 2.45) is 7.05 Å². The number of nitrogens with zero attached hydrogens (tertiary/aromatic N) is 2. The molecular weight excluding hydrogens is 536 g/mol. The molecule has 0 amide bonds. The summed E-state index contributed by atoms with van der Waals surface area (Å²) >= 11 is 0. The summed E-state index contributed by atoms with van der Waals surface area (Å²) in [5.74, 6) is -2.16. The van der Waals surface area contributed by atoms with Gasteiger partial charge in [-0.05, 0) is 90.2 Å². The molecule has 2 aromatic heterocycles. The standard InChI is InChI=1S/C41H39N2O/c1-26(2)33-22-23-43(4)37(24-33)38-27(3)10-20-35-36-21-19-34(25-42)39(41(36)44-40(35)38)32-17-15-31(16-18-32)30-13-11-29(12-14-30)28-8-6-5-7-9-28/h5-10,15-24,26,29-30H,11-14H2,1-4H3/q+1/i26D,29D,30D. The normalized spacial score (nSPS) is 21.5. The van der Waals surface area contributed by atoms with E-state index >= 15 is 0 Å². The molecule has 3 heteroatoms. The quantitative estimate of drug-likeness (QED) is 0.191. The highest BCUT2D eigenvalue weighted by Gasteiger charge is 2.26. The number of hydrogen-bond donors (Lipinski definition) is 0. The van der Waals surface area contributed by atoms with Crippen LogP contribution < -0.4 is 4.57 Å². The largest absolute Gasteiger partial charge is 0.454 e. The molecule has 1 saturated carbocycles. The monoisotopic (exact) mass is 578 g/mol. The van der Waals surface area contributed by atoms with Crippen LogP contribution in [0.3, 0.4) is 0 Å². The van der Waals surface area contributed by atoms with E-state index in [2.05, 4.69) is 35.8 Å². The number of benzene rings is 4. The highest BCUT2D eigenvalue weighted by Crippen LogP contribution is 2.44. The Hall–Kier alpha value is -4.68. The first-order chi connectivity index (χ1) is 22.4. The van der Waals surface area contributed by atoms with E-state index in [1.54, 1.807) is 0 Å². The second-order valence-corrected chi connectivity index (χ2v) is 12.3. The number of rotatable bonds is 5. The van der Waals surface area contributed by atoms with Crippen LogP contribution >= 0.6 is 0 Å². The van der Waals surface area contributed by atoms with Gasteiger partial charge in [-0.15, -0.1) is 0 Å². The number of pyridine rings is 1. The van der Waals surface area contributed by atoms with Gasteiger partial charge in [-0.3, -0.25) is 0 Å². The zero-order valence-electron chi connectivity index (χ0n) is 28.9. The van der Waals surface area contributed by atoms with Crippen molar-refractivity contribution in [1.29, 1.82) is 5.26 Å². The third-order valence-electron chi connectivity index (χ3n) is 9.34. The molecule has 0 bridgehead atoms. The summed E-state index contributed by atoms with van der Waals surface area (Å²) in [7, 11) is 2.01. The molecule has 218 valence electrons. The summed E-state index contributed by atoms with van der Waals surface area (Å²) < 4.78 is 36.0. The van der Waals surface area contributed by atoms with E-state index < -0.39 is 17.7 Å². The van der Waals surface area contributed by atoms with Crippen molar-refractivity contribution in [3.63, 3.8) is 0 Å². The first-order valence-corrected chi connectivity index (χ1v) is 15.5. The zero-order valence-corrected chi connectivity index (χ0v) is 25.9. The average molecular weight is 579 g/mol. The first-order valence-electron chi connectivity index (χ1n) is 17.0. The third kappa shape index (κ3) is 4.89. The highest BCUT2D eigenvalue weighted by atomic mass is 16.3. The van der Waals surface area contributed by atoms with Gasteiger partial charge in [0.25, 0.3) is 0 Å². The molecule has 6 aromatic rings. The Morgan fingerprint density at radius 2 is 1.43 bits per heavy atom. The van der Waals surface area contributed by atoms with Crippen LogP contribution in [-0.4, -0.2) is 0 Å². The molecule has 4 aromatic carbocycles. The van der Waals surface area contributed by atoms with Crippen molar-refractivity contribution in [3.05, 3.63) is 125 Å².